The molecule has 0 aliphatic rings. The molecule has 0 radical (unpaired) electrons. The van der Waals surface area contributed by atoms with Crippen LogP contribution in [0.4, 0.5) is 23.4 Å². The Hall–Kier alpha value is -3.73. The molecule has 0 aliphatic heterocycles. The summed E-state index contributed by atoms with van der Waals surface area (Å²) in [5, 5.41) is 3.29. The number of carbonyl (C=O) groups excluding carboxylic acids is 1. The first kappa shape index (κ1) is 25.4. The van der Waals surface area contributed by atoms with E-state index in [1.165, 1.54) is 43.2 Å². The molecule has 11 heteroatoms. The number of hydrogen-bond acceptors (Lipinski definition) is 6. The number of benzene rings is 1. The molecule has 0 saturated heterocycles. The van der Waals surface area contributed by atoms with E-state index in [9.17, 15) is 22.4 Å². The van der Waals surface area contributed by atoms with E-state index in [1.54, 1.807) is 6.07 Å². The van der Waals surface area contributed by atoms with Crippen LogP contribution in [0.3, 0.4) is 0 Å². The first-order valence-electron chi connectivity index (χ1n) is 10.7. The fraction of sp³-hybridized carbons (Fsp3) is 0.200. The number of nitrogen functional groups attached to an aromatic ring is 1. The van der Waals surface area contributed by atoms with E-state index in [4.69, 9.17) is 5.73 Å². The number of nitrogens with two attached hydrogens (primary N) is 1. The third-order valence-electron chi connectivity index (χ3n) is 5.55. The van der Waals surface area contributed by atoms with Gasteiger partial charge in [0, 0.05) is 46.4 Å². The zero-order valence-electron chi connectivity index (χ0n) is 19.3. The maximum Gasteiger partial charge on any atom is 0.419 e. The molecule has 3 N–H and O–H groups in total. The Morgan fingerprint density at radius 1 is 1.14 bits per heavy atom. The summed E-state index contributed by atoms with van der Waals surface area (Å²) in [5.74, 6) is -1.51. The quantitative estimate of drug-likeness (QED) is 0.267. The average Bonchev–Trinajstić information content (AvgIpc) is 2.82. The lowest BCUT2D eigenvalue weighted by Crippen LogP contribution is -2.24. The Balaban J connectivity index is 1.52. The summed E-state index contributed by atoms with van der Waals surface area (Å²) < 4.78 is 53.2. The molecule has 1 aromatic carbocycles. The number of rotatable bonds is 6. The van der Waals surface area contributed by atoms with E-state index in [1.807, 2.05) is 18.4 Å². The minimum Gasteiger partial charge on any atom is -0.383 e. The molecule has 0 fully saturated rings. The van der Waals surface area contributed by atoms with Crippen LogP contribution in [0.1, 0.15) is 38.4 Å². The normalized spacial score (nSPS) is 11.6. The van der Waals surface area contributed by atoms with Crippen molar-refractivity contribution in [3.05, 3.63) is 88.3 Å². The Morgan fingerprint density at radius 3 is 2.64 bits per heavy atom. The van der Waals surface area contributed by atoms with Gasteiger partial charge in [-0.25, -0.2) is 9.37 Å². The number of carbonyl (C=O) groups is 1. The van der Waals surface area contributed by atoms with Crippen LogP contribution >= 0.6 is 11.8 Å². The van der Waals surface area contributed by atoms with Crippen LogP contribution in [0.25, 0.3) is 10.9 Å². The van der Waals surface area contributed by atoms with Gasteiger partial charge in [-0.05, 0) is 60.7 Å². The number of nitrogens with zero attached hydrogens (tertiary/aromatic N) is 3. The van der Waals surface area contributed by atoms with Crippen LogP contribution in [-0.4, -0.2) is 27.1 Å². The van der Waals surface area contributed by atoms with E-state index in [2.05, 4.69) is 20.3 Å². The summed E-state index contributed by atoms with van der Waals surface area (Å²) >= 11 is 1.49. The lowest BCUT2D eigenvalue weighted by atomic mass is 10.0. The number of thioether (sulfide) groups is 1. The van der Waals surface area contributed by atoms with Crippen LogP contribution in [0, 0.1) is 12.7 Å². The molecule has 4 aromatic rings. The molecule has 6 nitrogen and oxygen atoms in total. The average molecular weight is 516 g/mol. The molecule has 0 spiro atoms. The van der Waals surface area contributed by atoms with Gasteiger partial charge in [0.1, 0.15) is 11.6 Å². The van der Waals surface area contributed by atoms with Gasteiger partial charge in [-0.1, -0.05) is 0 Å². The second-order valence-electron chi connectivity index (χ2n) is 8.08. The van der Waals surface area contributed by atoms with Gasteiger partial charge < -0.3 is 11.1 Å². The summed E-state index contributed by atoms with van der Waals surface area (Å²) in [7, 11) is 0. The van der Waals surface area contributed by atoms with E-state index >= 15 is 0 Å². The van der Waals surface area contributed by atoms with Crippen molar-refractivity contribution >= 4 is 34.4 Å². The number of halogens is 4. The molecule has 1 amide bonds. The minimum atomic E-state index is -4.65. The number of aryl methyl sites for hydroxylation is 1. The standard InChI is InChI=1S/C25H21F4N5OS/c1-13-17(10-20(23(30)34-13)25(27,28)29)11-33-24(35)15-3-4-31-19(9-15)6-14-5-16-8-18(26)12-32-22(16)21(7-14)36-2/h3-5,7-10,12H,6,11H2,1-2H3,(H2,30,34)(H,33,35). The first-order chi connectivity index (χ1) is 17.0. The van der Waals surface area contributed by atoms with Gasteiger partial charge in [-0.3, -0.25) is 14.8 Å². The van der Waals surface area contributed by atoms with Crippen molar-refractivity contribution in [1.82, 2.24) is 20.3 Å². The van der Waals surface area contributed by atoms with Crippen LogP contribution in [0.15, 0.2) is 53.7 Å². The topological polar surface area (TPSA) is 93.8 Å². The Morgan fingerprint density at radius 2 is 1.92 bits per heavy atom. The maximum atomic E-state index is 13.7. The van der Waals surface area contributed by atoms with Crippen molar-refractivity contribution in [2.75, 3.05) is 12.0 Å². The molecule has 186 valence electrons. The number of fused-ring (bicyclic) bond motifs is 1. The van der Waals surface area contributed by atoms with E-state index in [-0.39, 0.29) is 12.1 Å². The fourth-order valence-electron chi connectivity index (χ4n) is 3.78. The van der Waals surface area contributed by atoms with Crippen molar-refractivity contribution in [2.24, 2.45) is 0 Å². The second-order valence-corrected chi connectivity index (χ2v) is 8.93. The van der Waals surface area contributed by atoms with Crippen molar-refractivity contribution in [3.8, 4) is 0 Å². The Bertz CT molecular complexity index is 1460. The van der Waals surface area contributed by atoms with Crippen molar-refractivity contribution in [2.45, 2.75) is 31.0 Å². The number of hydrogen-bond donors (Lipinski definition) is 2. The summed E-state index contributed by atoms with van der Waals surface area (Å²) in [5.41, 5.74) is 7.34. The van der Waals surface area contributed by atoms with E-state index < -0.39 is 29.3 Å². The summed E-state index contributed by atoms with van der Waals surface area (Å²) in [4.78, 5) is 25.9. The highest BCUT2D eigenvalue weighted by molar-refractivity contribution is 7.98. The van der Waals surface area contributed by atoms with Crippen LogP contribution in [0.2, 0.25) is 0 Å². The number of anilines is 1. The SMILES string of the molecule is CSc1cc(Cc2cc(C(=O)NCc3cc(C(F)(F)F)c(N)nc3C)ccn2)cc2cc(F)cnc12. The van der Waals surface area contributed by atoms with Crippen LogP contribution < -0.4 is 11.1 Å². The van der Waals surface area contributed by atoms with Crippen LogP contribution in [-0.2, 0) is 19.1 Å². The maximum absolute atomic E-state index is 13.7. The molecular weight excluding hydrogens is 494 g/mol. The highest BCUT2D eigenvalue weighted by atomic mass is 32.2. The molecule has 0 atom stereocenters. The molecule has 36 heavy (non-hydrogen) atoms. The summed E-state index contributed by atoms with van der Waals surface area (Å²) in [6, 6.07) is 9.21. The smallest absolute Gasteiger partial charge is 0.383 e. The molecule has 3 aromatic heterocycles. The Labute approximate surface area is 208 Å². The van der Waals surface area contributed by atoms with Gasteiger partial charge in [-0.15, -0.1) is 11.8 Å². The minimum absolute atomic E-state index is 0.154. The summed E-state index contributed by atoms with van der Waals surface area (Å²) in [6.45, 7) is 1.37. The largest absolute Gasteiger partial charge is 0.419 e. The molecule has 0 saturated carbocycles. The van der Waals surface area contributed by atoms with E-state index in [0.717, 1.165) is 16.5 Å². The monoisotopic (exact) mass is 515 g/mol. The Kier molecular flexibility index (Phi) is 7.11. The third kappa shape index (κ3) is 5.56. The van der Waals surface area contributed by atoms with Crippen LogP contribution in [0.5, 0.6) is 0 Å². The van der Waals surface area contributed by atoms with Crippen molar-refractivity contribution < 1.29 is 22.4 Å². The number of pyridine rings is 3. The highest BCUT2D eigenvalue weighted by Gasteiger charge is 2.34. The van der Waals surface area contributed by atoms with Gasteiger partial charge >= 0.3 is 6.18 Å². The highest BCUT2D eigenvalue weighted by Crippen LogP contribution is 2.34. The van der Waals surface area contributed by atoms with Gasteiger partial charge in [-0.2, -0.15) is 13.2 Å². The molecule has 0 unspecified atom stereocenters. The summed E-state index contributed by atoms with van der Waals surface area (Å²) in [6.07, 6.45) is 0.307. The number of nitrogens with one attached hydrogen (secondary N) is 1. The lowest BCUT2D eigenvalue weighted by Gasteiger charge is -2.14. The molecular formula is C25H21F4N5OS. The van der Waals surface area contributed by atoms with E-state index in [0.29, 0.717) is 34.3 Å². The predicted octanol–water partition coefficient (Wildman–Crippen LogP) is 5.32. The van der Waals surface area contributed by atoms with Gasteiger partial charge in [0.05, 0.1) is 17.3 Å². The predicted molar refractivity (Wildman–Crippen MR) is 130 cm³/mol. The number of amides is 1. The van der Waals surface area contributed by atoms with Gasteiger partial charge in [0.15, 0.2) is 0 Å². The number of alkyl halides is 3. The molecule has 3 heterocycles. The fourth-order valence-corrected chi connectivity index (χ4v) is 4.41. The van der Waals surface area contributed by atoms with Crippen molar-refractivity contribution in [1.29, 1.82) is 0 Å². The zero-order chi connectivity index (χ0) is 26.0. The van der Waals surface area contributed by atoms with Crippen molar-refractivity contribution in [3.63, 3.8) is 0 Å². The first-order valence-corrected chi connectivity index (χ1v) is 12.0. The lowest BCUT2D eigenvalue weighted by molar-refractivity contribution is -0.137. The molecule has 0 aliphatic carbocycles. The molecule has 0 bridgehead atoms. The second kappa shape index (κ2) is 10.1. The van der Waals surface area contributed by atoms with Gasteiger partial charge in [0.2, 0.25) is 0 Å². The third-order valence-corrected chi connectivity index (χ3v) is 6.30. The molecule has 4 rings (SSSR count). The van der Waals surface area contributed by atoms with Gasteiger partial charge in [0.25, 0.3) is 5.91 Å². The zero-order valence-corrected chi connectivity index (χ0v) is 20.1. The number of aromatic nitrogens is 3.